The van der Waals surface area contributed by atoms with Gasteiger partial charge in [-0.25, -0.2) is 4.79 Å². The summed E-state index contributed by atoms with van der Waals surface area (Å²) in [7, 11) is 0. The Morgan fingerprint density at radius 1 is 1.28 bits per heavy atom. The van der Waals surface area contributed by atoms with Crippen LogP contribution in [0.25, 0.3) is 0 Å². The van der Waals surface area contributed by atoms with E-state index in [1.54, 1.807) is 0 Å². The van der Waals surface area contributed by atoms with E-state index in [2.05, 4.69) is 10.6 Å². The SMILES string of the molecule is CC(O)(CNC(=O)NCCCC(N)=O)CC(=O)O. The van der Waals surface area contributed by atoms with Gasteiger partial charge in [-0.1, -0.05) is 0 Å². The topological polar surface area (TPSA) is 142 Å². The lowest BCUT2D eigenvalue weighted by molar-refractivity contribution is -0.141. The van der Waals surface area contributed by atoms with E-state index in [1.165, 1.54) is 6.92 Å². The highest BCUT2D eigenvalue weighted by Gasteiger charge is 2.24. The van der Waals surface area contributed by atoms with Crippen molar-refractivity contribution in [1.29, 1.82) is 0 Å². The number of nitrogens with two attached hydrogens (primary N) is 1. The molecule has 0 aliphatic heterocycles. The van der Waals surface area contributed by atoms with Gasteiger partial charge in [-0.05, 0) is 13.3 Å². The Balaban J connectivity index is 3.76. The number of urea groups is 1. The molecule has 0 spiro atoms. The summed E-state index contributed by atoms with van der Waals surface area (Å²) in [6.45, 7) is 1.41. The number of rotatable bonds is 8. The van der Waals surface area contributed by atoms with E-state index < -0.39 is 29.9 Å². The maximum absolute atomic E-state index is 11.2. The van der Waals surface area contributed by atoms with E-state index >= 15 is 0 Å². The molecule has 8 heteroatoms. The Morgan fingerprint density at radius 2 is 1.89 bits per heavy atom. The van der Waals surface area contributed by atoms with Crippen molar-refractivity contribution in [2.45, 2.75) is 31.8 Å². The molecule has 6 N–H and O–H groups in total. The molecular weight excluding hydrogens is 242 g/mol. The normalized spacial score (nSPS) is 13.4. The highest BCUT2D eigenvalue weighted by atomic mass is 16.4. The first-order valence-electron chi connectivity index (χ1n) is 5.47. The van der Waals surface area contributed by atoms with Gasteiger partial charge in [0.15, 0.2) is 0 Å². The molecule has 0 rings (SSSR count). The van der Waals surface area contributed by atoms with Gasteiger partial charge >= 0.3 is 12.0 Å². The van der Waals surface area contributed by atoms with Crippen molar-refractivity contribution in [2.24, 2.45) is 5.73 Å². The molecule has 18 heavy (non-hydrogen) atoms. The molecule has 8 nitrogen and oxygen atoms in total. The van der Waals surface area contributed by atoms with Crippen LogP contribution >= 0.6 is 0 Å². The molecule has 0 radical (unpaired) electrons. The smallest absolute Gasteiger partial charge is 0.314 e. The fourth-order valence-corrected chi connectivity index (χ4v) is 1.19. The first-order chi connectivity index (χ1) is 8.23. The van der Waals surface area contributed by atoms with E-state index in [4.69, 9.17) is 10.8 Å². The van der Waals surface area contributed by atoms with Crippen LogP contribution < -0.4 is 16.4 Å². The maximum atomic E-state index is 11.2. The third-order valence-electron chi connectivity index (χ3n) is 2.05. The van der Waals surface area contributed by atoms with Gasteiger partial charge in [0.25, 0.3) is 0 Å². The van der Waals surface area contributed by atoms with E-state index in [-0.39, 0.29) is 19.5 Å². The van der Waals surface area contributed by atoms with Crippen LogP contribution in [-0.4, -0.2) is 46.8 Å². The van der Waals surface area contributed by atoms with Crippen LogP contribution in [0.2, 0.25) is 0 Å². The lowest BCUT2D eigenvalue weighted by atomic mass is 10.0. The van der Waals surface area contributed by atoms with Crippen molar-refractivity contribution in [3.63, 3.8) is 0 Å². The largest absolute Gasteiger partial charge is 0.481 e. The number of nitrogens with one attached hydrogen (secondary N) is 2. The summed E-state index contributed by atoms with van der Waals surface area (Å²) < 4.78 is 0. The minimum atomic E-state index is -1.50. The van der Waals surface area contributed by atoms with E-state index in [9.17, 15) is 19.5 Å². The molecule has 1 atom stereocenters. The zero-order chi connectivity index (χ0) is 14.2. The molecule has 0 aromatic rings. The van der Waals surface area contributed by atoms with Gasteiger partial charge in [0.2, 0.25) is 5.91 Å². The zero-order valence-corrected chi connectivity index (χ0v) is 10.2. The summed E-state index contributed by atoms with van der Waals surface area (Å²) in [5.41, 5.74) is 3.41. The van der Waals surface area contributed by atoms with Gasteiger partial charge in [0.1, 0.15) is 0 Å². The Hall–Kier alpha value is -1.83. The third kappa shape index (κ3) is 9.40. The second kappa shape index (κ2) is 7.49. The molecule has 1 unspecified atom stereocenters. The maximum Gasteiger partial charge on any atom is 0.314 e. The number of carboxylic acid groups (broad SMARTS) is 1. The molecule has 0 saturated heterocycles. The molecular formula is C10H19N3O5. The molecule has 0 saturated carbocycles. The molecule has 0 aliphatic rings. The van der Waals surface area contributed by atoms with Crippen LogP contribution in [0.1, 0.15) is 26.2 Å². The monoisotopic (exact) mass is 261 g/mol. The number of primary amides is 1. The van der Waals surface area contributed by atoms with Gasteiger partial charge in [-0.15, -0.1) is 0 Å². The summed E-state index contributed by atoms with van der Waals surface area (Å²) in [5.74, 6) is -1.59. The Labute approximate surface area is 105 Å². The van der Waals surface area contributed by atoms with E-state index in [0.29, 0.717) is 6.42 Å². The highest BCUT2D eigenvalue weighted by Crippen LogP contribution is 2.06. The van der Waals surface area contributed by atoms with Crippen LogP contribution in [0.3, 0.4) is 0 Å². The third-order valence-corrected chi connectivity index (χ3v) is 2.05. The molecule has 104 valence electrons. The number of aliphatic hydroxyl groups is 1. The van der Waals surface area contributed by atoms with Gasteiger partial charge < -0.3 is 26.6 Å². The predicted molar refractivity (Wildman–Crippen MR) is 62.7 cm³/mol. The number of carbonyl (C=O) groups is 3. The van der Waals surface area contributed by atoms with Crippen molar-refractivity contribution < 1.29 is 24.6 Å². The van der Waals surface area contributed by atoms with Crippen molar-refractivity contribution in [3.8, 4) is 0 Å². The number of amides is 3. The zero-order valence-electron chi connectivity index (χ0n) is 10.2. The fraction of sp³-hybridized carbons (Fsp3) is 0.700. The van der Waals surface area contributed by atoms with Gasteiger partial charge in [-0.2, -0.15) is 0 Å². The summed E-state index contributed by atoms with van der Waals surface area (Å²) in [4.78, 5) is 32.0. The number of carbonyl (C=O) groups excluding carboxylic acids is 2. The Bertz CT molecular complexity index is 317. The Morgan fingerprint density at radius 3 is 2.39 bits per heavy atom. The average Bonchev–Trinajstić information content (AvgIpc) is 2.19. The van der Waals surface area contributed by atoms with Crippen LogP contribution in [-0.2, 0) is 9.59 Å². The van der Waals surface area contributed by atoms with Crippen molar-refractivity contribution in [1.82, 2.24) is 10.6 Å². The predicted octanol–water partition coefficient (Wildman–Crippen LogP) is -1.22. The minimum Gasteiger partial charge on any atom is -0.481 e. The van der Waals surface area contributed by atoms with Gasteiger partial charge in [0.05, 0.1) is 12.0 Å². The lowest BCUT2D eigenvalue weighted by Crippen LogP contribution is -2.46. The Kier molecular flexibility index (Phi) is 6.73. The minimum absolute atomic E-state index is 0.178. The van der Waals surface area contributed by atoms with Crippen LogP contribution in [0.4, 0.5) is 4.79 Å². The first-order valence-corrected chi connectivity index (χ1v) is 5.47. The van der Waals surface area contributed by atoms with Crippen LogP contribution in [0, 0.1) is 0 Å². The first kappa shape index (κ1) is 16.2. The summed E-state index contributed by atoms with van der Waals surface area (Å²) in [5, 5.41) is 22.9. The average molecular weight is 261 g/mol. The van der Waals surface area contributed by atoms with Crippen LogP contribution in [0.15, 0.2) is 0 Å². The molecule has 3 amide bonds. The second-order valence-corrected chi connectivity index (χ2v) is 4.25. The van der Waals surface area contributed by atoms with E-state index in [1.807, 2.05) is 0 Å². The molecule has 0 aromatic heterocycles. The number of hydrogen-bond donors (Lipinski definition) is 5. The van der Waals surface area contributed by atoms with Crippen LogP contribution in [0.5, 0.6) is 0 Å². The van der Waals surface area contributed by atoms with Crippen molar-refractivity contribution >= 4 is 17.9 Å². The summed E-state index contributed by atoms with van der Waals surface area (Å²) >= 11 is 0. The lowest BCUT2D eigenvalue weighted by Gasteiger charge is -2.21. The van der Waals surface area contributed by atoms with Gasteiger partial charge in [0, 0.05) is 19.5 Å². The molecule has 0 aliphatic carbocycles. The van der Waals surface area contributed by atoms with E-state index in [0.717, 1.165) is 0 Å². The summed E-state index contributed by atoms with van der Waals surface area (Å²) in [6, 6.07) is -0.537. The molecule has 0 bridgehead atoms. The van der Waals surface area contributed by atoms with Gasteiger partial charge in [-0.3, -0.25) is 9.59 Å². The second-order valence-electron chi connectivity index (χ2n) is 4.25. The summed E-state index contributed by atoms with van der Waals surface area (Å²) in [6.07, 6.45) is 0.139. The molecule has 0 fully saturated rings. The fourth-order valence-electron chi connectivity index (χ4n) is 1.19. The number of aliphatic carboxylic acids is 1. The van der Waals surface area contributed by atoms with Crippen molar-refractivity contribution in [2.75, 3.05) is 13.1 Å². The quantitative estimate of drug-likeness (QED) is 0.348. The van der Waals surface area contributed by atoms with Crippen molar-refractivity contribution in [3.05, 3.63) is 0 Å². The number of carboxylic acids is 1. The highest BCUT2D eigenvalue weighted by molar-refractivity contribution is 5.75. The molecule has 0 aromatic carbocycles. The molecule has 0 heterocycles. The standard InChI is InChI=1S/C10H19N3O5/c1-10(18,5-8(15)16)6-13-9(17)12-4-2-3-7(11)14/h18H,2-6H2,1H3,(H2,11,14)(H,15,16)(H2,12,13,17). The number of hydrogen-bond acceptors (Lipinski definition) is 4.